The summed E-state index contributed by atoms with van der Waals surface area (Å²) >= 11 is 1.39. The van der Waals surface area contributed by atoms with E-state index in [2.05, 4.69) is 5.10 Å². The molecular formula is C23H18N4O5S. The van der Waals surface area contributed by atoms with E-state index < -0.39 is 4.92 Å². The van der Waals surface area contributed by atoms with Gasteiger partial charge in [-0.2, -0.15) is 5.10 Å². The second-order valence-electron chi connectivity index (χ2n) is 7.29. The minimum atomic E-state index is -0.476. The maximum Gasteiger partial charge on any atom is 0.282 e. The second-order valence-corrected chi connectivity index (χ2v) is 8.13. The molecule has 0 radical (unpaired) electrons. The number of aryl methyl sites for hydroxylation is 1. The molecule has 0 amide bonds. The average molecular weight is 462 g/mol. The van der Waals surface area contributed by atoms with Crippen LogP contribution in [0.3, 0.4) is 0 Å². The Morgan fingerprint density at radius 1 is 1.15 bits per heavy atom. The summed E-state index contributed by atoms with van der Waals surface area (Å²) in [6, 6.07) is 12.4. The predicted octanol–water partition coefficient (Wildman–Crippen LogP) is 5.18. The number of hydrogen-bond donors (Lipinski definition) is 0. The minimum absolute atomic E-state index is 0.0217. The summed E-state index contributed by atoms with van der Waals surface area (Å²) in [4.78, 5) is 16.5. The van der Waals surface area contributed by atoms with E-state index in [4.69, 9.17) is 18.9 Å². The molecule has 0 unspecified atom stereocenters. The summed E-state index contributed by atoms with van der Waals surface area (Å²) in [5.74, 6) is 1.37. The molecule has 33 heavy (non-hydrogen) atoms. The van der Waals surface area contributed by atoms with E-state index in [1.165, 1.54) is 23.6 Å². The molecule has 2 aromatic carbocycles. The zero-order valence-corrected chi connectivity index (χ0v) is 18.5. The van der Waals surface area contributed by atoms with Crippen molar-refractivity contribution < 1.29 is 18.8 Å². The monoisotopic (exact) mass is 462 g/mol. The Balaban J connectivity index is 1.66. The van der Waals surface area contributed by atoms with Gasteiger partial charge in [0.25, 0.3) is 5.69 Å². The molecule has 0 bridgehead atoms. The van der Waals surface area contributed by atoms with Crippen LogP contribution in [0.25, 0.3) is 11.5 Å². The van der Waals surface area contributed by atoms with Gasteiger partial charge in [0.2, 0.25) is 11.6 Å². The van der Waals surface area contributed by atoms with Crippen LogP contribution in [0, 0.1) is 24.0 Å². The van der Waals surface area contributed by atoms with E-state index in [1.807, 2.05) is 43.5 Å². The first kappa shape index (κ1) is 20.7. The lowest BCUT2D eigenvalue weighted by molar-refractivity contribution is -0.385. The van der Waals surface area contributed by atoms with Crippen LogP contribution >= 0.6 is 11.3 Å². The molecule has 1 aliphatic heterocycles. The Morgan fingerprint density at radius 2 is 1.97 bits per heavy atom. The number of nitro groups is 1. The van der Waals surface area contributed by atoms with Gasteiger partial charge < -0.3 is 13.9 Å². The number of hydrogen-bond acceptors (Lipinski definition) is 8. The van der Waals surface area contributed by atoms with Gasteiger partial charge in [-0.3, -0.25) is 10.1 Å². The Morgan fingerprint density at radius 3 is 2.73 bits per heavy atom. The number of thiazole rings is 1. The summed E-state index contributed by atoms with van der Waals surface area (Å²) in [7, 11) is 0. The van der Waals surface area contributed by atoms with Crippen LogP contribution in [0.4, 0.5) is 11.4 Å². The Bertz CT molecular complexity index is 1450. The van der Waals surface area contributed by atoms with Crippen molar-refractivity contribution >= 4 is 28.9 Å². The third-order valence-electron chi connectivity index (χ3n) is 5.28. The normalized spacial score (nSPS) is 13.2. The van der Waals surface area contributed by atoms with E-state index in [9.17, 15) is 10.1 Å². The zero-order chi connectivity index (χ0) is 22.9. The van der Waals surface area contributed by atoms with Gasteiger partial charge in [-0.1, -0.05) is 12.1 Å². The maximum atomic E-state index is 11.6. The van der Waals surface area contributed by atoms with Gasteiger partial charge >= 0.3 is 0 Å². The number of nitro benzene ring substituents is 1. The number of furan rings is 1. The standard InChI is InChI=1S/C23H18N4O5S/c1-14-5-3-6-17(15(14)2)25-23-26(19(12-33-23)20-7-4-8-30-20)24-11-16-9-21-22(32-13-31-21)10-18(16)27(28)29/h3-12H,13H2,1-2H3. The number of aromatic nitrogens is 1. The largest absolute Gasteiger partial charge is 0.463 e. The van der Waals surface area contributed by atoms with Gasteiger partial charge in [-0.25, -0.2) is 9.67 Å². The lowest BCUT2D eigenvalue weighted by Crippen LogP contribution is -2.12. The summed E-state index contributed by atoms with van der Waals surface area (Å²) in [5, 5.41) is 18.1. The highest BCUT2D eigenvalue weighted by Crippen LogP contribution is 2.37. The van der Waals surface area contributed by atoms with E-state index in [0.717, 1.165) is 16.8 Å². The summed E-state index contributed by atoms with van der Waals surface area (Å²) in [6.07, 6.45) is 2.99. The van der Waals surface area contributed by atoms with Crippen molar-refractivity contribution in [1.82, 2.24) is 4.68 Å². The van der Waals surface area contributed by atoms with Crippen molar-refractivity contribution in [3.05, 3.63) is 85.7 Å². The molecule has 0 aliphatic carbocycles. The molecule has 4 aromatic rings. The fourth-order valence-corrected chi connectivity index (χ4v) is 4.20. The fourth-order valence-electron chi connectivity index (χ4n) is 3.37. The number of fused-ring (bicyclic) bond motifs is 1. The van der Waals surface area contributed by atoms with Crippen LogP contribution in [0.15, 0.2) is 68.6 Å². The number of ether oxygens (including phenoxy) is 2. The third-order valence-corrected chi connectivity index (χ3v) is 6.10. The van der Waals surface area contributed by atoms with Crippen molar-refractivity contribution in [2.24, 2.45) is 10.1 Å². The molecule has 0 saturated carbocycles. The van der Waals surface area contributed by atoms with E-state index in [-0.39, 0.29) is 18.0 Å². The quantitative estimate of drug-likeness (QED) is 0.231. The van der Waals surface area contributed by atoms with Gasteiger partial charge in [0, 0.05) is 5.38 Å². The molecule has 166 valence electrons. The van der Waals surface area contributed by atoms with Crippen LogP contribution < -0.4 is 14.3 Å². The molecule has 0 atom stereocenters. The molecule has 0 saturated heterocycles. The minimum Gasteiger partial charge on any atom is -0.463 e. The second kappa shape index (κ2) is 8.40. The van der Waals surface area contributed by atoms with Crippen LogP contribution in [0.1, 0.15) is 16.7 Å². The van der Waals surface area contributed by atoms with Gasteiger partial charge in [0.15, 0.2) is 17.3 Å². The highest BCUT2D eigenvalue weighted by molar-refractivity contribution is 7.07. The summed E-state index contributed by atoms with van der Waals surface area (Å²) in [5.41, 5.74) is 3.84. The fraction of sp³-hybridized carbons (Fsp3) is 0.130. The molecule has 1 aliphatic rings. The van der Waals surface area contributed by atoms with Gasteiger partial charge in [0.05, 0.1) is 34.7 Å². The van der Waals surface area contributed by atoms with Gasteiger partial charge in [-0.05, 0) is 49.2 Å². The third kappa shape index (κ3) is 3.92. The Kier molecular flexibility index (Phi) is 5.27. The summed E-state index contributed by atoms with van der Waals surface area (Å²) < 4.78 is 17.8. The summed E-state index contributed by atoms with van der Waals surface area (Å²) in [6.45, 7) is 4.06. The lowest BCUT2D eigenvalue weighted by Gasteiger charge is -2.04. The van der Waals surface area contributed by atoms with Crippen LogP contribution in [0.2, 0.25) is 0 Å². The maximum absolute atomic E-state index is 11.6. The zero-order valence-electron chi connectivity index (χ0n) is 17.7. The highest BCUT2D eigenvalue weighted by atomic mass is 32.1. The van der Waals surface area contributed by atoms with E-state index >= 15 is 0 Å². The molecule has 0 N–H and O–H groups in total. The van der Waals surface area contributed by atoms with E-state index in [1.54, 1.807) is 23.1 Å². The molecule has 5 rings (SSSR count). The average Bonchev–Trinajstić information content (AvgIpc) is 3.55. The first-order chi connectivity index (χ1) is 16.0. The molecular weight excluding hydrogens is 444 g/mol. The SMILES string of the molecule is Cc1cccc(N=c2scc(-c3ccco3)n2N=Cc2cc3c(cc2[N+](=O)[O-])OCO3)c1C. The molecule has 3 heterocycles. The van der Waals surface area contributed by atoms with Crippen LogP contribution in [-0.2, 0) is 0 Å². The van der Waals surface area contributed by atoms with Crippen molar-refractivity contribution in [2.75, 3.05) is 6.79 Å². The first-order valence-electron chi connectivity index (χ1n) is 9.99. The Labute approximate surface area is 192 Å². The smallest absolute Gasteiger partial charge is 0.282 e. The van der Waals surface area contributed by atoms with Crippen molar-refractivity contribution in [2.45, 2.75) is 13.8 Å². The lowest BCUT2D eigenvalue weighted by atomic mass is 10.1. The van der Waals surface area contributed by atoms with Crippen molar-refractivity contribution in [3.8, 4) is 23.0 Å². The van der Waals surface area contributed by atoms with Crippen LogP contribution in [-0.4, -0.2) is 22.6 Å². The topological polar surface area (TPSA) is 104 Å². The first-order valence-corrected chi connectivity index (χ1v) is 10.9. The number of rotatable bonds is 5. The van der Waals surface area contributed by atoms with Gasteiger partial charge in [0.1, 0.15) is 5.69 Å². The van der Waals surface area contributed by atoms with E-state index in [0.29, 0.717) is 27.8 Å². The predicted molar refractivity (Wildman–Crippen MR) is 123 cm³/mol. The van der Waals surface area contributed by atoms with Crippen molar-refractivity contribution in [1.29, 1.82) is 0 Å². The molecule has 10 heteroatoms. The molecule has 2 aromatic heterocycles. The van der Waals surface area contributed by atoms with Crippen LogP contribution in [0.5, 0.6) is 11.5 Å². The highest BCUT2D eigenvalue weighted by Gasteiger charge is 2.22. The van der Waals surface area contributed by atoms with Gasteiger partial charge in [-0.15, -0.1) is 11.3 Å². The number of nitrogens with zero attached hydrogens (tertiary/aromatic N) is 4. The van der Waals surface area contributed by atoms with Crippen molar-refractivity contribution in [3.63, 3.8) is 0 Å². The number of benzene rings is 2. The molecule has 0 fully saturated rings. The Hall–Kier alpha value is -4.18. The molecule has 9 nitrogen and oxygen atoms in total. The molecule has 0 spiro atoms.